The fourth-order valence-corrected chi connectivity index (χ4v) is 2.69. The first-order valence-corrected chi connectivity index (χ1v) is 8.56. The summed E-state index contributed by atoms with van der Waals surface area (Å²) in [5.41, 5.74) is 0.927. The molecule has 0 saturated heterocycles. The van der Waals surface area contributed by atoms with Crippen molar-refractivity contribution in [3.05, 3.63) is 52.0 Å². The lowest BCUT2D eigenvalue weighted by Gasteiger charge is -2.12. The van der Waals surface area contributed by atoms with Crippen molar-refractivity contribution in [3.63, 3.8) is 0 Å². The van der Waals surface area contributed by atoms with E-state index in [2.05, 4.69) is 5.32 Å². The van der Waals surface area contributed by atoms with Crippen molar-refractivity contribution < 1.29 is 8.95 Å². The Labute approximate surface area is 136 Å². The third kappa shape index (κ3) is 4.20. The van der Waals surface area contributed by atoms with Crippen molar-refractivity contribution in [2.75, 3.05) is 13.3 Å². The summed E-state index contributed by atoms with van der Waals surface area (Å²) in [5, 5.41) is 3.99. The summed E-state index contributed by atoms with van der Waals surface area (Å²) in [4.78, 5) is 0.765. The zero-order chi connectivity index (χ0) is 15.4. The molecule has 0 fully saturated rings. The summed E-state index contributed by atoms with van der Waals surface area (Å²) in [6.07, 6.45) is 1.65. The van der Waals surface area contributed by atoms with Gasteiger partial charge in [-0.1, -0.05) is 23.2 Å². The van der Waals surface area contributed by atoms with Gasteiger partial charge in [-0.3, -0.25) is 4.21 Å². The molecule has 2 aromatic rings. The van der Waals surface area contributed by atoms with Gasteiger partial charge in [0.25, 0.3) is 0 Å². The van der Waals surface area contributed by atoms with Crippen LogP contribution in [0.25, 0.3) is 0 Å². The van der Waals surface area contributed by atoms with Gasteiger partial charge in [-0.25, -0.2) is 0 Å². The second-order valence-electron chi connectivity index (χ2n) is 4.43. The quantitative estimate of drug-likeness (QED) is 0.882. The van der Waals surface area contributed by atoms with Crippen molar-refractivity contribution in [2.45, 2.75) is 11.4 Å². The van der Waals surface area contributed by atoms with Gasteiger partial charge in [0.2, 0.25) is 0 Å². The van der Waals surface area contributed by atoms with E-state index >= 15 is 0 Å². The maximum Gasteiger partial charge on any atom is 0.131 e. The standard InChI is InChI=1S/C15H15Cl2NO2S/c1-18-9-10-7-12(21(2)19)4-6-15(10)20-11-3-5-13(16)14(17)8-11/h3-8,18H,9H2,1-2H3. The minimum Gasteiger partial charge on any atom is -0.457 e. The number of benzene rings is 2. The van der Waals surface area contributed by atoms with E-state index in [1.165, 1.54) is 0 Å². The summed E-state index contributed by atoms with van der Waals surface area (Å²) in [5.74, 6) is 1.30. The van der Waals surface area contributed by atoms with E-state index in [4.69, 9.17) is 27.9 Å². The lowest BCUT2D eigenvalue weighted by molar-refractivity contribution is 0.473. The van der Waals surface area contributed by atoms with Gasteiger partial charge in [0.15, 0.2) is 0 Å². The Kier molecular flexibility index (Phi) is 5.65. The molecule has 0 aliphatic heterocycles. The molecule has 0 aliphatic rings. The van der Waals surface area contributed by atoms with Gasteiger partial charge in [0, 0.05) is 40.1 Å². The number of nitrogens with one attached hydrogen (secondary N) is 1. The van der Waals surface area contributed by atoms with Crippen LogP contribution in [0.2, 0.25) is 10.0 Å². The molecule has 2 rings (SSSR count). The van der Waals surface area contributed by atoms with Crippen LogP contribution in [0.1, 0.15) is 5.56 Å². The summed E-state index contributed by atoms with van der Waals surface area (Å²) in [6, 6.07) is 10.6. The molecule has 0 amide bonds. The fraction of sp³-hybridized carbons (Fsp3) is 0.200. The van der Waals surface area contributed by atoms with Crippen LogP contribution < -0.4 is 10.1 Å². The van der Waals surface area contributed by atoms with Gasteiger partial charge in [0.05, 0.1) is 10.0 Å². The third-order valence-electron chi connectivity index (χ3n) is 2.85. The molecular formula is C15H15Cl2NO2S. The van der Waals surface area contributed by atoms with E-state index in [0.717, 1.165) is 10.5 Å². The third-order valence-corrected chi connectivity index (χ3v) is 4.51. The minimum absolute atomic E-state index is 0.440. The van der Waals surface area contributed by atoms with E-state index in [1.807, 2.05) is 19.2 Å². The monoisotopic (exact) mass is 343 g/mol. The highest BCUT2D eigenvalue weighted by Gasteiger charge is 2.09. The molecular weight excluding hydrogens is 329 g/mol. The molecule has 3 nitrogen and oxygen atoms in total. The Morgan fingerprint density at radius 3 is 2.52 bits per heavy atom. The molecule has 112 valence electrons. The van der Waals surface area contributed by atoms with Gasteiger partial charge in [0.1, 0.15) is 11.5 Å². The van der Waals surface area contributed by atoms with Gasteiger partial charge in [-0.2, -0.15) is 0 Å². The normalized spacial score (nSPS) is 12.2. The molecule has 0 aliphatic carbocycles. The molecule has 21 heavy (non-hydrogen) atoms. The maximum absolute atomic E-state index is 11.6. The predicted molar refractivity (Wildman–Crippen MR) is 88.1 cm³/mol. The molecule has 0 heterocycles. The van der Waals surface area contributed by atoms with Gasteiger partial charge in [-0.15, -0.1) is 0 Å². The average molecular weight is 344 g/mol. The lowest BCUT2D eigenvalue weighted by atomic mass is 10.2. The zero-order valence-corrected chi connectivity index (χ0v) is 14.0. The number of ether oxygens (including phenoxy) is 1. The van der Waals surface area contributed by atoms with Crippen LogP contribution >= 0.6 is 23.2 Å². The number of hydrogen-bond acceptors (Lipinski definition) is 3. The van der Waals surface area contributed by atoms with Crippen LogP contribution in [-0.2, 0) is 17.3 Å². The SMILES string of the molecule is CNCc1cc(S(C)=O)ccc1Oc1ccc(Cl)c(Cl)c1. The summed E-state index contributed by atoms with van der Waals surface area (Å²) >= 11 is 11.9. The zero-order valence-electron chi connectivity index (χ0n) is 11.7. The van der Waals surface area contributed by atoms with Crippen LogP contribution in [0.5, 0.6) is 11.5 Å². The molecule has 0 spiro atoms. The van der Waals surface area contributed by atoms with Gasteiger partial charge < -0.3 is 10.1 Å². The van der Waals surface area contributed by atoms with Crippen LogP contribution in [0, 0.1) is 0 Å². The lowest BCUT2D eigenvalue weighted by Crippen LogP contribution is -2.07. The highest BCUT2D eigenvalue weighted by atomic mass is 35.5. The molecule has 6 heteroatoms. The molecule has 1 N–H and O–H groups in total. The highest BCUT2D eigenvalue weighted by Crippen LogP contribution is 2.31. The van der Waals surface area contributed by atoms with Crippen molar-refractivity contribution in [3.8, 4) is 11.5 Å². The maximum atomic E-state index is 11.6. The Hall–Kier alpha value is -1.07. The van der Waals surface area contributed by atoms with E-state index < -0.39 is 10.8 Å². The van der Waals surface area contributed by atoms with Crippen molar-refractivity contribution in [2.24, 2.45) is 0 Å². The van der Waals surface area contributed by atoms with Crippen LogP contribution in [0.4, 0.5) is 0 Å². The van der Waals surface area contributed by atoms with E-state index in [1.54, 1.807) is 30.5 Å². The first-order chi connectivity index (χ1) is 10.0. The minimum atomic E-state index is -1.03. The fourth-order valence-electron chi connectivity index (χ4n) is 1.83. The Bertz CT molecular complexity index is 677. The van der Waals surface area contributed by atoms with Crippen LogP contribution in [0.15, 0.2) is 41.3 Å². The topological polar surface area (TPSA) is 38.3 Å². The molecule has 0 aromatic heterocycles. The first-order valence-electron chi connectivity index (χ1n) is 6.25. The summed E-state index contributed by atoms with van der Waals surface area (Å²) in [6.45, 7) is 0.613. The summed E-state index contributed by atoms with van der Waals surface area (Å²) < 4.78 is 17.4. The van der Waals surface area contributed by atoms with Crippen LogP contribution in [-0.4, -0.2) is 17.5 Å². The Morgan fingerprint density at radius 1 is 1.14 bits per heavy atom. The molecule has 2 aromatic carbocycles. The molecule has 0 radical (unpaired) electrons. The van der Waals surface area contributed by atoms with E-state index in [-0.39, 0.29) is 0 Å². The first kappa shape index (κ1) is 16.3. The van der Waals surface area contributed by atoms with Crippen LogP contribution in [0.3, 0.4) is 0 Å². The van der Waals surface area contributed by atoms with Crippen molar-refractivity contribution in [1.82, 2.24) is 5.32 Å². The second-order valence-corrected chi connectivity index (χ2v) is 6.63. The molecule has 1 atom stereocenters. The smallest absolute Gasteiger partial charge is 0.131 e. The predicted octanol–water partition coefficient (Wildman–Crippen LogP) is 4.24. The van der Waals surface area contributed by atoms with E-state index in [9.17, 15) is 4.21 Å². The molecule has 1 unspecified atom stereocenters. The second kappa shape index (κ2) is 7.27. The Morgan fingerprint density at radius 2 is 1.90 bits per heavy atom. The highest BCUT2D eigenvalue weighted by molar-refractivity contribution is 7.84. The number of hydrogen-bond donors (Lipinski definition) is 1. The van der Waals surface area contributed by atoms with Gasteiger partial charge in [-0.05, 0) is 37.4 Å². The number of halogens is 2. The average Bonchev–Trinajstić information content (AvgIpc) is 2.45. The largest absolute Gasteiger partial charge is 0.457 e. The number of rotatable bonds is 5. The van der Waals surface area contributed by atoms with Crippen molar-refractivity contribution in [1.29, 1.82) is 0 Å². The molecule has 0 bridgehead atoms. The van der Waals surface area contributed by atoms with Gasteiger partial charge >= 0.3 is 0 Å². The van der Waals surface area contributed by atoms with Crippen molar-refractivity contribution >= 4 is 34.0 Å². The summed E-state index contributed by atoms with van der Waals surface area (Å²) in [7, 11) is 0.820. The Balaban J connectivity index is 2.33. The van der Waals surface area contributed by atoms with E-state index in [0.29, 0.717) is 28.1 Å². The molecule has 0 saturated carbocycles.